The van der Waals surface area contributed by atoms with Crippen molar-refractivity contribution in [3.8, 4) is 0 Å². The summed E-state index contributed by atoms with van der Waals surface area (Å²) in [5.41, 5.74) is 5.63. The van der Waals surface area contributed by atoms with Gasteiger partial charge in [0.05, 0.1) is 5.56 Å². The van der Waals surface area contributed by atoms with Crippen LogP contribution in [0.2, 0.25) is 0 Å². The Labute approximate surface area is 122 Å². The van der Waals surface area contributed by atoms with E-state index in [0.717, 1.165) is 49.8 Å². The van der Waals surface area contributed by atoms with Crippen molar-refractivity contribution < 1.29 is 23.1 Å². The minimum atomic E-state index is -4.29. The van der Waals surface area contributed by atoms with Gasteiger partial charge in [-0.25, -0.2) is 0 Å². The lowest BCUT2D eigenvalue weighted by atomic mass is 10.0. The average molecular weight is 303 g/mol. The molecular formula is C15H20F3NO2. The van der Waals surface area contributed by atoms with Crippen LogP contribution in [0, 0.1) is 0 Å². The molecule has 0 bridgehead atoms. The summed E-state index contributed by atoms with van der Waals surface area (Å²) in [5.74, 6) is -0.986. The summed E-state index contributed by atoms with van der Waals surface area (Å²) in [4.78, 5) is 10.5. The number of benzene rings is 1. The lowest BCUT2D eigenvalue weighted by Crippen LogP contribution is -2.29. The molecule has 3 N–H and O–H groups in total. The number of hydrogen-bond acceptors (Lipinski definition) is 2. The second-order valence-corrected chi connectivity index (χ2v) is 5.09. The zero-order valence-corrected chi connectivity index (χ0v) is 11.7. The maximum Gasteiger partial charge on any atom is 0.416 e. The second kappa shape index (κ2) is 8.02. The third-order valence-electron chi connectivity index (χ3n) is 3.33. The van der Waals surface area contributed by atoms with Crippen LogP contribution in [-0.4, -0.2) is 17.1 Å². The first kappa shape index (κ1) is 17.5. The Morgan fingerprint density at radius 2 is 1.67 bits per heavy atom. The molecule has 118 valence electrons. The van der Waals surface area contributed by atoms with Crippen molar-refractivity contribution in [2.45, 2.75) is 50.7 Å². The zero-order chi connectivity index (χ0) is 15.9. The van der Waals surface area contributed by atoms with E-state index < -0.39 is 23.8 Å². The highest BCUT2D eigenvalue weighted by Crippen LogP contribution is 2.29. The van der Waals surface area contributed by atoms with Crippen LogP contribution in [0.4, 0.5) is 13.2 Å². The molecule has 1 aromatic rings. The van der Waals surface area contributed by atoms with Crippen molar-refractivity contribution in [1.82, 2.24) is 0 Å². The summed E-state index contributed by atoms with van der Waals surface area (Å²) in [5, 5.41) is 8.61. The highest BCUT2D eigenvalue weighted by atomic mass is 19.4. The normalized spacial score (nSPS) is 13.1. The van der Waals surface area contributed by atoms with Crippen molar-refractivity contribution in [1.29, 1.82) is 0 Å². The molecule has 6 heteroatoms. The lowest BCUT2D eigenvalue weighted by Gasteiger charge is -2.08. The Kier molecular flexibility index (Phi) is 6.68. The summed E-state index contributed by atoms with van der Waals surface area (Å²) < 4.78 is 37.1. The van der Waals surface area contributed by atoms with Gasteiger partial charge in [0.2, 0.25) is 0 Å². The Hall–Kier alpha value is -1.56. The third kappa shape index (κ3) is 6.62. The number of rotatable bonds is 8. The van der Waals surface area contributed by atoms with Gasteiger partial charge in [-0.2, -0.15) is 13.2 Å². The third-order valence-corrected chi connectivity index (χ3v) is 3.33. The minimum absolute atomic E-state index is 0.454. The first-order valence-corrected chi connectivity index (χ1v) is 6.95. The van der Waals surface area contributed by atoms with E-state index in [1.165, 1.54) is 12.1 Å². The maximum absolute atomic E-state index is 12.4. The first-order valence-electron chi connectivity index (χ1n) is 6.95. The average Bonchev–Trinajstić information content (AvgIpc) is 2.41. The molecule has 0 saturated heterocycles. The molecule has 1 rings (SSSR count). The number of halogens is 3. The molecule has 1 atom stereocenters. The molecule has 0 radical (unpaired) electrons. The highest BCUT2D eigenvalue weighted by Gasteiger charge is 2.29. The molecule has 21 heavy (non-hydrogen) atoms. The van der Waals surface area contributed by atoms with E-state index in [0.29, 0.717) is 6.42 Å². The second-order valence-electron chi connectivity index (χ2n) is 5.09. The molecule has 0 fully saturated rings. The van der Waals surface area contributed by atoms with Gasteiger partial charge >= 0.3 is 12.1 Å². The van der Waals surface area contributed by atoms with E-state index in [1.54, 1.807) is 0 Å². The fourth-order valence-corrected chi connectivity index (χ4v) is 2.03. The molecule has 0 amide bonds. The van der Waals surface area contributed by atoms with Crippen molar-refractivity contribution in [3.05, 3.63) is 35.4 Å². The molecule has 0 aromatic heterocycles. The van der Waals surface area contributed by atoms with Crippen molar-refractivity contribution >= 4 is 5.97 Å². The van der Waals surface area contributed by atoms with Crippen LogP contribution in [0.15, 0.2) is 24.3 Å². The Balaban J connectivity index is 2.20. The molecule has 0 spiro atoms. The maximum atomic E-state index is 12.4. The summed E-state index contributed by atoms with van der Waals surface area (Å²) in [6, 6.07) is 4.40. The Morgan fingerprint density at radius 3 is 2.19 bits per heavy atom. The van der Waals surface area contributed by atoms with Crippen molar-refractivity contribution in [2.24, 2.45) is 5.73 Å². The standard InChI is InChI=1S/C15H20F3NO2/c16-15(17,18)12-9-7-11(8-10-12)5-3-1-2-4-6-13(19)14(20)21/h7-10,13H,1-6,19H2,(H,20,21). The van der Waals surface area contributed by atoms with Gasteiger partial charge in [-0.1, -0.05) is 31.4 Å². The van der Waals surface area contributed by atoms with E-state index in [4.69, 9.17) is 10.8 Å². The van der Waals surface area contributed by atoms with E-state index in [2.05, 4.69) is 0 Å². The monoisotopic (exact) mass is 303 g/mol. The van der Waals surface area contributed by atoms with Gasteiger partial charge in [0.15, 0.2) is 0 Å². The predicted molar refractivity (Wildman–Crippen MR) is 73.8 cm³/mol. The summed E-state index contributed by atoms with van der Waals surface area (Å²) in [7, 11) is 0. The van der Waals surface area contributed by atoms with Crippen LogP contribution in [0.5, 0.6) is 0 Å². The lowest BCUT2D eigenvalue weighted by molar-refractivity contribution is -0.139. The number of carbonyl (C=O) groups is 1. The van der Waals surface area contributed by atoms with Crippen LogP contribution in [-0.2, 0) is 17.4 Å². The Bertz CT molecular complexity index is 443. The molecule has 0 heterocycles. The molecule has 0 saturated carbocycles. The molecule has 1 unspecified atom stereocenters. The summed E-state index contributed by atoms with van der Waals surface area (Å²) in [6.45, 7) is 0. The van der Waals surface area contributed by atoms with Gasteiger partial charge in [-0.05, 0) is 37.0 Å². The number of unbranched alkanes of at least 4 members (excludes halogenated alkanes) is 3. The number of aliphatic carboxylic acids is 1. The van der Waals surface area contributed by atoms with Crippen LogP contribution in [0.25, 0.3) is 0 Å². The number of carboxylic acids is 1. The van der Waals surface area contributed by atoms with E-state index in [-0.39, 0.29) is 0 Å². The number of carboxylic acid groups (broad SMARTS) is 1. The fraction of sp³-hybridized carbons (Fsp3) is 0.533. The first-order chi connectivity index (χ1) is 9.80. The van der Waals surface area contributed by atoms with Crippen molar-refractivity contribution in [3.63, 3.8) is 0 Å². The molecule has 3 nitrogen and oxygen atoms in total. The van der Waals surface area contributed by atoms with Crippen LogP contribution in [0.1, 0.15) is 43.2 Å². The van der Waals surface area contributed by atoms with Gasteiger partial charge < -0.3 is 10.8 Å². The van der Waals surface area contributed by atoms with Gasteiger partial charge in [0.25, 0.3) is 0 Å². The number of aryl methyl sites for hydroxylation is 1. The highest BCUT2D eigenvalue weighted by molar-refractivity contribution is 5.72. The molecule has 0 aliphatic carbocycles. The van der Waals surface area contributed by atoms with Gasteiger partial charge in [-0.3, -0.25) is 4.79 Å². The zero-order valence-electron chi connectivity index (χ0n) is 11.7. The number of alkyl halides is 3. The summed E-state index contributed by atoms with van der Waals surface area (Å²) >= 11 is 0. The Morgan fingerprint density at radius 1 is 1.10 bits per heavy atom. The number of nitrogens with two attached hydrogens (primary N) is 1. The summed E-state index contributed by atoms with van der Waals surface area (Å²) in [6.07, 6.45) is 0.295. The van der Waals surface area contributed by atoms with Gasteiger partial charge in [-0.15, -0.1) is 0 Å². The van der Waals surface area contributed by atoms with Crippen LogP contribution >= 0.6 is 0 Å². The van der Waals surface area contributed by atoms with E-state index >= 15 is 0 Å². The fourth-order valence-electron chi connectivity index (χ4n) is 2.03. The van der Waals surface area contributed by atoms with Gasteiger partial charge in [0.1, 0.15) is 6.04 Å². The van der Waals surface area contributed by atoms with E-state index in [1.807, 2.05) is 0 Å². The SMILES string of the molecule is NC(CCCCCCc1ccc(C(F)(F)F)cc1)C(=O)O. The van der Waals surface area contributed by atoms with E-state index in [9.17, 15) is 18.0 Å². The molecule has 1 aromatic carbocycles. The smallest absolute Gasteiger partial charge is 0.416 e. The molecular weight excluding hydrogens is 283 g/mol. The number of hydrogen-bond donors (Lipinski definition) is 2. The predicted octanol–water partition coefficient (Wildman–Crippen LogP) is 3.61. The topological polar surface area (TPSA) is 63.3 Å². The van der Waals surface area contributed by atoms with Crippen LogP contribution in [0.3, 0.4) is 0 Å². The van der Waals surface area contributed by atoms with Crippen LogP contribution < -0.4 is 5.73 Å². The van der Waals surface area contributed by atoms with Gasteiger partial charge in [0, 0.05) is 0 Å². The quantitative estimate of drug-likeness (QED) is 0.721. The minimum Gasteiger partial charge on any atom is -0.480 e. The van der Waals surface area contributed by atoms with Crippen molar-refractivity contribution in [2.75, 3.05) is 0 Å². The largest absolute Gasteiger partial charge is 0.480 e. The molecule has 0 aliphatic heterocycles. The molecule has 0 aliphatic rings.